The number of thiophene rings is 1. The number of amides is 1. The van der Waals surface area contributed by atoms with E-state index in [4.69, 9.17) is 4.74 Å². The first kappa shape index (κ1) is 15.3. The van der Waals surface area contributed by atoms with Crippen LogP contribution < -0.4 is 10.1 Å². The fourth-order valence-electron chi connectivity index (χ4n) is 2.41. The first-order chi connectivity index (χ1) is 11.2. The third kappa shape index (κ3) is 3.27. The Morgan fingerprint density at radius 1 is 1.09 bits per heavy atom. The molecule has 0 spiro atoms. The van der Waals surface area contributed by atoms with E-state index < -0.39 is 0 Å². The van der Waals surface area contributed by atoms with Crippen molar-refractivity contribution in [1.82, 2.24) is 0 Å². The summed E-state index contributed by atoms with van der Waals surface area (Å²) in [4.78, 5) is 13.8. The quantitative estimate of drug-likeness (QED) is 0.735. The number of hydrogen-bond acceptors (Lipinski definition) is 3. The molecule has 0 saturated carbocycles. The maximum Gasteiger partial charge on any atom is 0.259 e. The Hall–Kier alpha value is -2.59. The molecule has 0 atom stereocenters. The molecule has 1 aromatic heterocycles. The summed E-state index contributed by atoms with van der Waals surface area (Å²) in [6, 6.07) is 17.4. The molecule has 0 radical (unpaired) electrons. The Labute approximate surface area is 139 Å². The van der Waals surface area contributed by atoms with Crippen molar-refractivity contribution >= 4 is 22.9 Å². The van der Waals surface area contributed by atoms with Crippen molar-refractivity contribution in [2.45, 2.75) is 6.92 Å². The first-order valence-electron chi connectivity index (χ1n) is 7.28. The third-order valence-corrected chi connectivity index (χ3v) is 4.47. The van der Waals surface area contributed by atoms with Gasteiger partial charge in [-0.2, -0.15) is 0 Å². The summed E-state index contributed by atoms with van der Waals surface area (Å²) >= 11 is 1.65. The van der Waals surface area contributed by atoms with E-state index in [9.17, 15) is 4.79 Å². The number of anilines is 1. The third-order valence-electron chi connectivity index (χ3n) is 3.56. The summed E-state index contributed by atoms with van der Waals surface area (Å²) in [6.07, 6.45) is 0. The average Bonchev–Trinajstić information content (AvgIpc) is 3.09. The standard InChI is InChI=1S/C19H17NO2S/c1-13-9-10-15(17(12-13)22-2)19(21)20-16-7-4-3-6-14(16)18-8-5-11-23-18/h3-12H,1-2H3,(H,20,21). The molecule has 3 rings (SSSR count). The highest BCUT2D eigenvalue weighted by atomic mass is 32.1. The summed E-state index contributed by atoms with van der Waals surface area (Å²) in [5.41, 5.74) is 3.39. The molecule has 0 aliphatic rings. The van der Waals surface area contributed by atoms with Gasteiger partial charge in [0, 0.05) is 16.1 Å². The van der Waals surface area contributed by atoms with Crippen LogP contribution in [0, 0.1) is 6.92 Å². The van der Waals surface area contributed by atoms with Crippen molar-refractivity contribution in [2.24, 2.45) is 0 Å². The minimum atomic E-state index is -0.175. The molecule has 0 bridgehead atoms. The highest BCUT2D eigenvalue weighted by molar-refractivity contribution is 7.13. The molecule has 0 aliphatic heterocycles. The second-order valence-electron chi connectivity index (χ2n) is 5.18. The molecular weight excluding hydrogens is 306 g/mol. The molecule has 0 aliphatic carbocycles. The molecule has 3 nitrogen and oxygen atoms in total. The van der Waals surface area contributed by atoms with E-state index in [0.29, 0.717) is 11.3 Å². The molecule has 3 aromatic rings. The predicted octanol–water partition coefficient (Wildman–Crippen LogP) is 4.98. The molecule has 1 heterocycles. The van der Waals surface area contributed by atoms with Crippen LogP contribution in [0.5, 0.6) is 5.75 Å². The lowest BCUT2D eigenvalue weighted by molar-refractivity contribution is 0.102. The van der Waals surface area contributed by atoms with Gasteiger partial charge in [-0.25, -0.2) is 0 Å². The van der Waals surface area contributed by atoms with Crippen LogP contribution in [-0.2, 0) is 0 Å². The highest BCUT2D eigenvalue weighted by Gasteiger charge is 2.14. The van der Waals surface area contributed by atoms with E-state index in [1.165, 1.54) is 0 Å². The number of methoxy groups -OCH3 is 1. The van der Waals surface area contributed by atoms with Crippen LogP contribution in [0.4, 0.5) is 5.69 Å². The zero-order valence-electron chi connectivity index (χ0n) is 13.0. The van der Waals surface area contributed by atoms with Gasteiger partial charge in [0.2, 0.25) is 0 Å². The number of aryl methyl sites for hydroxylation is 1. The molecule has 2 aromatic carbocycles. The van der Waals surface area contributed by atoms with Gasteiger partial charge in [0.15, 0.2) is 0 Å². The van der Waals surface area contributed by atoms with Gasteiger partial charge in [0.25, 0.3) is 5.91 Å². The zero-order valence-corrected chi connectivity index (χ0v) is 13.8. The van der Waals surface area contributed by atoms with Crippen molar-refractivity contribution in [2.75, 3.05) is 12.4 Å². The maximum absolute atomic E-state index is 12.6. The van der Waals surface area contributed by atoms with E-state index in [1.807, 2.05) is 60.8 Å². The van der Waals surface area contributed by atoms with Crippen molar-refractivity contribution in [3.63, 3.8) is 0 Å². The van der Waals surface area contributed by atoms with Gasteiger partial charge in [-0.1, -0.05) is 30.3 Å². The van der Waals surface area contributed by atoms with Crippen LogP contribution in [0.2, 0.25) is 0 Å². The SMILES string of the molecule is COc1cc(C)ccc1C(=O)Nc1ccccc1-c1cccs1. The van der Waals surface area contributed by atoms with Crippen LogP contribution in [0.15, 0.2) is 60.0 Å². The number of rotatable bonds is 4. The van der Waals surface area contributed by atoms with Crippen LogP contribution in [0.1, 0.15) is 15.9 Å². The fourth-order valence-corrected chi connectivity index (χ4v) is 3.18. The smallest absolute Gasteiger partial charge is 0.259 e. The number of hydrogen-bond donors (Lipinski definition) is 1. The van der Waals surface area contributed by atoms with Crippen molar-refractivity contribution in [1.29, 1.82) is 0 Å². The summed E-state index contributed by atoms with van der Waals surface area (Å²) in [5.74, 6) is 0.405. The van der Waals surface area contributed by atoms with E-state index in [-0.39, 0.29) is 5.91 Å². The normalized spacial score (nSPS) is 10.3. The maximum atomic E-state index is 12.6. The van der Waals surface area contributed by atoms with Gasteiger partial charge < -0.3 is 10.1 Å². The monoisotopic (exact) mass is 323 g/mol. The molecule has 4 heteroatoms. The lowest BCUT2D eigenvalue weighted by Gasteiger charge is -2.12. The minimum Gasteiger partial charge on any atom is -0.496 e. The van der Waals surface area contributed by atoms with Gasteiger partial charge in [0.05, 0.1) is 12.7 Å². The van der Waals surface area contributed by atoms with Gasteiger partial charge in [-0.3, -0.25) is 4.79 Å². The van der Waals surface area contributed by atoms with Crippen LogP contribution in [0.3, 0.4) is 0 Å². The lowest BCUT2D eigenvalue weighted by Crippen LogP contribution is -2.13. The average molecular weight is 323 g/mol. The summed E-state index contributed by atoms with van der Waals surface area (Å²) in [7, 11) is 1.57. The number of para-hydroxylation sites is 1. The number of benzene rings is 2. The first-order valence-corrected chi connectivity index (χ1v) is 8.16. The van der Waals surface area contributed by atoms with Crippen molar-refractivity contribution in [3.8, 4) is 16.2 Å². The van der Waals surface area contributed by atoms with Crippen LogP contribution >= 0.6 is 11.3 Å². The largest absolute Gasteiger partial charge is 0.496 e. The Bertz CT molecular complexity index is 825. The Morgan fingerprint density at radius 3 is 2.65 bits per heavy atom. The molecule has 1 N–H and O–H groups in total. The van der Waals surface area contributed by atoms with E-state index in [1.54, 1.807) is 24.5 Å². The predicted molar refractivity (Wildman–Crippen MR) is 95.4 cm³/mol. The van der Waals surface area contributed by atoms with E-state index in [2.05, 4.69) is 5.32 Å². The number of carbonyl (C=O) groups excluding carboxylic acids is 1. The van der Waals surface area contributed by atoms with Gasteiger partial charge in [-0.15, -0.1) is 11.3 Å². The Morgan fingerprint density at radius 2 is 1.91 bits per heavy atom. The van der Waals surface area contributed by atoms with Gasteiger partial charge >= 0.3 is 0 Å². The Balaban J connectivity index is 1.93. The molecule has 0 fully saturated rings. The minimum absolute atomic E-state index is 0.175. The second-order valence-corrected chi connectivity index (χ2v) is 6.13. The number of nitrogens with one attached hydrogen (secondary N) is 1. The van der Waals surface area contributed by atoms with Crippen LogP contribution in [0.25, 0.3) is 10.4 Å². The van der Waals surface area contributed by atoms with E-state index in [0.717, 1.165) is 21.7 Å². The molecule has 116 valence electrons. The Kier molecular flexibility index (Phi) is 4.44. The summed E-state index contributed by atoms with van der Waals surface area (Å²) in [5, 5.41) is 5.02. The highest BCUT2D eigenvalue weighted by Crippen LogP contribution is 2.32. The topological polar surface area (TPSA) is 38.3 Å². The zero-order chi connectivity index (χ0) is 16.2. The molecular formula is C19H17NO2S. The molecule has 1 amide bonds. The molecule has 23 heavy (non-hydrogen) atoms. The van der Waals surface area contributed by atoms with Crippen molar-refractivity contribution in [3.05, 3.63) is 71.1 Å². The van der Waals surface area contributed by atoms with E-state index >= 15 is 0 Å². The lowest BCUT2D eigenvalue weighted by atomic mass is 10.1. The number of ether oxygens (including phenoxy) is 1. The van der Waals surface area contributed by atoms with Gasteiger partial charge in [-0.05, 0) is 42.1 Å². The fraction of sp³-hybridized carbons (Fsp3) is 0.105. The summed E-state index contributed by atoms with van der Waals surface area (Å²) in [6.45, 7) is 1.97. The second kappa shape index (κ2) is 6.67. The number of carbonyl (C=O) groups is 1. The molecule has 0 saturated heterocycles. The van der Waals surface area contributed by atoms with Gasteiger partial charge in [0.1, 0.15) is 5.75 Å². The van der Waals surface area contributed by atoms with Crippen molar-refractivity contribution < 1.29 is 9.53 Å². The summed E-state index contributed by atoms with van der Waals surface area (Å²) < 4.78 is 5.33. The van der Waals surface area contributed by atoms with Crippen LogP contribution in [-0.4, -0.2) is 13.0 Å². The molecule has 0 unspecified atom stereocenters.